The van der Waals surface area contributed by atoms with Crippen molar-refractivity contribution in [2.45, 2.75) is 19.3 Å². The lowest BCUT2D eigenvalue weighted by molar-refractivity contribution is 0.102. The van der Waals surface area contributed by atoms with Gasteiger partial charge in [-0.15, -0.1) is 0 Å². The zero-order valence-corrected chi connectivity index (χ0v) is 13.1. The first-order valence-electron chi connectivity index (χ1n) is 6.85. The van der Waals surface area contributed by atoms with Gasteiger partial charge in [0.1, 0.15) is 0 Å². The van der Waals surface area contributed by atoms with Crippen LogP contribution in [0.4, 0.5) is 0 Å². The number of carbonyl (C=O) groups excluding carboxylic acids is 1. The fourth-order valence-electron chi connectivity index (χ4n) is 2.88. The van der Waals surface area contributed by atoms with E-state index >= 15 is 0 Å². The van der Waals surface area contributed by atoms with Crippen LogP contribution >= 0.6 is 23.2 Å². The van der Waals surface area contributed by atoms with E-state index < -0.39 is 0 Å². The monoisotopic (exact) mass is 316 g/mol. The number of fused-ring (bicyclic) bond motifs is 1. The summed E-state index contributed by atoms with van der Waals surface area (Å²) >= 11 is 12.1. The molecule has 21 heavy (non-hydrogen) atoms. The molecule has 0 spiro atoms. The Hall–Kier alpha value is -1.57. The van der Waals surface area contributed by atoms with E-state index in [9.17, 15) is 4.79 Å². The molecule has 0 aromatic heterocycles. The molecule has 1 aliphatic carbocycles. The largest absolute Gasteiger partial charge is 0.289 e. The lowest BCUT2D eigenvalue weighted by Gasteiger charge is -2.27. The van der Waals surface area contributed by atoms with Crippen LogP contribution in [0.25, 0.3) is 0 Å². The van der Waals surface area contributed by atoms with Gasteiger partial charge in [0.2, 0.25) is 0 Å². The summed E-state index contributed by atoms with van der Waals surface area (Å²) < 4.78 is 0. The van der Waals surface area contributed by atoms with Crippen molar-refractivity contribution >= 4 is 29.0 Å². The van der Waals surface area contributed by atoms with Crippen molar-refractivity contribution in [1.82, 2.24) is 0 Å². The van der Waals surface area contributed by atoms with Gasteiger partial charge in [0.25, 0.3) is 0 Å². The van der Waals surface area contributed by atoms with Crippen LogP contribution in [0.2, 0.25) is 10.0 Å². The fourth-order valence-corrected chi connectivity index (χ4v) is 3.19. The van der Waals surface area contributed by atoms with Crippen molar-refractivity contribution in [3.8, 4) is 0 Å². The van der Waals surface area contributed by atoms with Gasteiger partial charge in [-0.25, -0.2) is 0 Å². The molecular formula is C18H14Cl2O. The summed E-state index contributed by atoms with van der Waals surface area (Å²) in [6.45, 7) is 1.91. The minimum absolute atomic E-state index is 0.129. The molecule has 1 nitrogen and oxygen atoms in total. The molecule has 3 heteroatoms. The maximum atomic E-state index is 12.4. The topological polar surface area (TPSA) is 17.1 Å². The number of allylic oxidation sites excluding steroid dienone is 2. The summed E-state index contributed by atoms with van der Waals surface area (Å²) in [4.78, 5) is 12.4. The maximum absolute atomic E-state index is 12.4. The van der Waals surface area contributed by atoms with Gasteiger partial charge in [-0.05, 0) is 42.2 Å². The van der Waals surface area contributed by atoms with Crippen LogP contribution in [-0.2, 0) is 0 Å². The Morgan fingerprint density at radius 1 is 1.10 bits per heavy atom. The van der Waals surface area contributed by atoms with E-state index in [0.29, 0.717) is 16.5 Å². The predicted molar refractivity (Wildman–Crippen MR) is 87.5 cm³/mol. The van der Waals surface area contributed by atoms with E-state index in [-0.39, 0.29) is 11.7 Å². The number of ketones is 1. The molecule has 0 unspecified atom stereocenters. The Morgan fingerprint density at radius 3 is 2.57 bits per heavy atom. The highest BCUT2D eigenvalue weighted by molar-refractivity contribution is 6.42. The Balaban J connectivity index is 2.16. The second-order valence-electron chi connectivity index (χ2n) is 5.16. The van der Waals surface area contributed by atoms with Crippen molar-refractivity contribution in [2.75, 3.05) is 0 Å². The predicted octanol–water partition coefficient (Wildman–Crippen LogP) is 5.66. The van der Waals surface area contributed by atoms with Gasteiger partial charge in [-0.1, -0.05) is 59.6 Å². The Bertz CT molecular complexity index is 747. The smallest absolute Gasteiger partial charge is 0.189 e. The van der Waals surface area contributed by atoms with Gasteiger partial charge in [-0.3, -0.25) is 4.79 Å². The number of hydrogen-bond acceptors (Lipinski definition) is 1. The molecule has 0 saturated carbocycles. The number of halogens is 2. The van der Waals surface area contributed by atoms with Gasteiger partial charge in [0.05, 0.1) is 10.0 Å². The lowest BCUT2D eigenvalue weighted by Crippen LogP contribution is -2.19. The van der Waals surface area contributed by atoms with Crippen LogP contribution in [0.5, 0.6) is 0 Å². The van der Waals surface area contributed by atoms with E-state index in [1.165, 1.54) is 0 Å². The van der Waals surface area contributed by atoms with Gasteiger partial charge in [0.15, 0.2) is 5.78 Å². The van der Waals surface area contributed by atoms with E-state index in [2.05, 4.69) is 0 Å². The molecule has 0 radical (unpaired) electrons. The van der Waals surface area contributed by atoms with Crippen LogP contribution in [-0.4, -0.2) is 5.78 Å². The molecule has 0 N–H and O–H groups in total. The minimum Gasteiger partial charge on any atom is -0.289 e. The average Bonchev–Trinajstić information content (AvgIpc) is 2.51. The Morgan fingerprint density at radius 2 is 1.86 bits per heavy atom. The highest BCUT2D eigenvalue weighted by Crippen LogP contribution is 2.40. The van der Waals surface area contributed by atoms with Crippen molar-refractivity contribution in [1.29, 1.82) is 0 Å². The molecule has 0 amide bonds. The summed E-state index contributed by atoms with van der Waals surface area (Å²) in [5.41, 5.74) is 3.79. The summed E-state index contributed by atoms with van der Waals surface area (Å²) in [5, 5.41) is 1.09. The normalized spacial score (nSPS) is 19.7. The zero-order valence-electron chi connectivity index (χ0n) is 11.6. The number of hydrogen-bond donors (Lipinski definition) is 0. The summed E-state index contributed by atoms with van der Waals surface area (Å²) in [6, 6.07) is 13.5. The summed E-state index contributed by atoms with van der Waals surface area (Å²) in [6.07, 6.45) is 2.60. The fraction of sp³-hybridized carbons (Fsp3) is 0.167. The molecule has 0 bridgehead atoms. The molecule has 3 rings (SSSR count). The SMILES string of the molecule is CC=C1C[C@@H](c2ccc(Cl)c(Cl)c2)c2ccccc2C1=O. The van der Waals surface area contributed by atoms with Gasteiger partial charge >= 0.3 is 0 Å². The van der Waals surface area contributed by atoms with Crippen LogP contribution in [0.15, 0.2) is 54.1 Å². The molecule has 2 aromatic rings. The van der Waals surface area contributed by atoms with E-state index in [1.807, 2.05) is 55.5 Å². The molecule has 106 valence electrons. The second kappa shape index (κ2) is 5.67. The van der Waals surface area contributed by atoms with Crippen LogP contribution < -0.4 is 0 Å². The third-order valence-electron chi connectivity index (χ3n) is 3.99. The number of Topliss-reactive ketones (excluding diaryl/α,β-unsaturated/α-hetero) is 1. The number of benzene rings is 2. The zero-order chi connectivity index (χ0) is 15.0. The number of carbonyl (C=O) groups is 1. The van der Waals surface area contributed by atoms with Crippen molar-refractivity contribution in [3.63, 3.8) is 0 Å². The lowest BCUT2D eigenvalue weighted by atomic mass is 9.76. The van der Waals surface area contributed by atoms with Crippen molar-refractivity contribution in [3.05, 3.63) is 80.8 Å². The number of rotatable bonds is 1. The third-order valence-corrected chi connectivity index (χ3v) is 4.73. The maximum Gasteiger partial charge on any atom is 0.189 e. The first-order valence-corrected chi connectivity index (χ1v) is 7.61. The quantitative estimate of drug-likeness (QED) is 0.620. The Labute approximate surface area is 134 Å². The summed E-state index contributed by atoms with van der Waals surface area (Å²) in [5.74, 6) is 0.268. The second-order valence-corrected chi connectivity index (χ2v) is 5.97. The summed E-state index contributed by atoms with van der Waals surface area (Å²) in [7, 11) is 0. The van der Waals surface area contributed by atoms with Gasteiger partial charge in [0, 0.05) is 11.5 Å². The van der Waals surface area contributed by atoms with Crippen molar-refractivity contribution in [2.24, 2.45) is 0 Å². The first-order chi connectivity index (χ1) is 10.1. The molecular weight excluding hydrogens is 303 g/mol. The highest BCUT2D eigenvalue weighted by Gasteiger charge is 2.29. The molecule has 0 aliphatic heterocycles. The molecule has 1 atom stereocenters. The third kappa shape index (κ3) is 2.52. The average molecular weight is 317 g/mol. The van der Waals surface area contributed by atoms with E-state index in [0.717, 1.165) is 22.3 Å². The molecule has 1 aliphatic rings. The molecule has 0 heterocycles. The first kappa shape index (κ1) is 14.4. The minimum atomic E-state index is 0.129. The van der Waals surface area contributed by atoms with Crippen LogP contribution in [0.1, 0.15) is 40.7 Å². The van der Waals surface area contributed by atoms with Crippen LogP contribution in [0.3, 0.4) is 0 Å². The van der Waals surface area contributed by atoms with E-state index in [4.69, 9.17) is 23.2 Å². The Kier molecular flexibility index (Phi) is 3.88. The van der Waals surface area contributed by atoms with Gasteiger partial charge < -0.3 is 0 Å². The van der Waals surface area contributed by atoms with E-state index in [1.54, 1.807) is 0 Å². The standard InChI is InChI=1S/C18H14Cl2O/c1-2-11-9-15(12-7-8-16(19)17(20)10-12)13-5-3-4-6-14(13)18(11)21/h2-8,10,15H,9H2,1H3/t15-/m0/s1. The van der Waals surface area contributed by atoms with Gasteiger partial charge in [-0.2, -0.15) is 0 Å². The highest BCUT2D eigenvalue weighted by atomic mass is 35.5. The molecule has 2 aromatic carbocycles. The van der Waals surface area contributed by atoms with Crippen LogP contribution in [0, 0.1) is 0 Å². The van der Waals surface area contributed by atoms with Crippen molar-refractivity contribution < 1.29 is 4.79 Å². The molecule has 0 fully saturated rings. The molecule has 0 saturated heterocycles.